The second kappa shape index (κ2) is 12.9. The van der Waals surface area contributed by atoms with Crippen LogP contribution in [0.4, 0.5) is 17.1 Å². The van der Waals surface area contributed by atoms with Crippen molar-refractivity contribution in [2.24, 2.45) is 0 Å². The minimum Gasteiger partial charge on any atom is -0.456 e. The first kappa shape index (κ1) is 30.6. The van der Waals surface area contributed by atoms with Gasteiger partial charge in [-0.1, -0.05) is 127 Å². The summed E-state index contributed by atoms with van der Waals surface area (Å²) < 4.78 is 12.8. The van der Waals surface area contributed by atoms with E-state index in [1.54, 1.807) is 0 Å². The Hall–Kier alpha value is -7.17. The van der Waals surface area contributed by atoms with E-state index in [9.17, 15) is 0 Å². The number of anilines is 3. The molecule has 10 rings (SSSR count). The Bertz CT molecular complexity index is 2860. The monoisotopic (exact) mass is 680 g/mol. The van der Waals surface area contributed by atoms with Crippen LogP contribution >= 0.6 is 0 Å². The molecule has 0 spiro atoms. The predicted molar refractivity (Wildman–Crippen MR) is 218 cm³/mol. The maximum Gasteiger partial charge on any atom is 0.227 e. The van der Waals surface area contributed by atoms with Crippen LogP contribution in [0.1, 0.15) is 0 Å². The summed E-state index contributed by atoms with van der Waals surface area (Å²) in [5, 5.41) is 2.02. The summed E-state index contributed by atoms with van der Waals surface area (Å²) in [4.78, 5) is 7.07. The largest absolute Gasteiger partial charge is 0.456 e. The fourth-order valence-corrected chi connectivity index (χ4v) is 7.22. The Morgan fingerprint density at radius 2 is 0.830 bits per heavy atom. The predicted octanol–water partition coefficient (Wildman–Crippen LogP) is 13.9. The lowest BCUT2D eigenvalue weighted by molar-refractivity contribution is 0.620. The minimum absolute atomic E-state index is 0.600. The molecule has 2 heterocycles. The van der Waals surface area contributed by atoms with E-state index >= 15 is 0 Å². The number of rotatable bonds is 7. The Labute approximate surface area is 306 Å². The molecule has 2 aromatic heterocycles. The maximum atomic E-state index is 6.54. The first-order valence-corrected chi connectivity index (χ1v) is 17.8. The van der Waals surface area contributed by atoms with Gasteiger partial charge in [-0.2, -0.15) is 0 Å². The van der Waals surface area contributed by atoms with Crippen LogP contribution in [0.25, 0.3) is 77.9 Å². The molecule has 0 bridgehead atoms. The molecule has 0 aliphatic heterocycles. The summed E-state index contributed by atoms with van der Waals surface area (Å²) in [6, 6.07) is 67.7. The lowest BCUT2D eigenvalue weighted by Crippen LogP contribution is -2.10. The molecular formula is C49H32N2O2. The molecule has 0 fully saturated rings. The Morgan fingerprint density at radius 3 is 1.49 bits per heavy atom. The van der Waals surface area contributed by atoms with Gasteiger partial charge in [0.05, 0.1) is 0 Å². The molecule has 4 nitrogen and oxygen atoms in total. The molecule has 0 amide bonds. The SMILES string of the molecule is c1ccc(-c2ccc(-c3ccc(N(c4cccc(-c5ccccc5)c4)c4ccc5c(c4)oc4cc6nc(-c7ccccc7)oc6cc45)cc3)cc2)cc1. The summed E-state index contributed by atoms with van der Waals surface area (Å²) in [6.45, 7) is 0. The van der Waals surface area contributed by atoms with Gasteiger partial charge in [-0.25, -0.2) is 4.98 Å². The molecule has 53 heavy (non-hydrogen) atoms. The van der Waals surface area contributed by atoms with Crippen LogP contribution in [-0.4, -0.2) is 4.98 Å². The topological polar surface area (TPSA) is 42.4 Å². The first-order chi connectivity index (χ1) is 26.2. The number of hydrogen-bond donors (Lipinski definition) is 0. The fourth-order valence-electron chi connectivity index (χ4n) is 7.22. The summed E-state index contributed by atoms with van der Waals surface area (Å²) >= 11 is 0. The van der Waals surface area contributed by atoms with Gasteiger partial charge in [-0.05, 0) is 88.0 Å². The standard InChI is InChI=1S/C49H32N2O2/c1-4-11-33(12-5-1)35-19-21-36(22-20-35)37-23-25-40(26-24-37)51(41-18-10-17-39(29-41)34-13-6-2-7-14-34)42-27-28-43-44-31-48-45(32-47(44)52-46(43)30-42)50-49(53-48)38-15-8-3-9-16-38/h1-32H. The zero-order chi connectivity index (χ0) is 35.1. The van der Waals surface area contributed by atoms with Gasteiger partial charge in [0, 0.05) is 45.5 Å². The third-order valence-electron chi connectivity index (χ3n) is 9.91. The zero-order valence-electron chi connectivity index (χ0n) is 28.7. The van der Waals surface area contributed by atoms with Crippen molar-refractivity contribution in [3.63, 3.8) is 0 Å². The van der Waals surface area contributed by atoms with Gasteiger partial charge in [-0.15, -0.1) is 0 Å². The fraction of sp³-hybridized carbons (Fsp3) is 0. The number of furan rings is 1. The summed E-state index contributed by atoms with van der Waals surface area (Å²) in [7, 11) is 0. The van der Waals surface area contributed by atoms with Crippen LogP contribution in [0.3, 0.4) is 0 Å². The van der Waals surface area contributed by atoms with Crippen molar-refractivity contribution in [3.8, 4) is 44.8 Å². The van der Waals surface area contributed by atoms with E-state index in [0.717, 1.165) is 66.8 Å². The smallest absolute Gasteiger partial charge is 0.227 e. The van der Waals surface area contributed by atoms with Gasteiger partial charge in [0.1, 0.15) is 16.7 Å². The van der Waals surface area contributed by atoms with E-state index < -0.39 is 0 Å². The number of hydrogen-bond acceptors (Lipinski definition) is 4. The van der Waals surface area contributed by atoms with Crippen molar-refractivity contribution in [1.82, 2.24) is 4.98 Å². The molecule has 0 unspecified atom stereocenters. The highest BCUT2D eigenvalue weighted by Gasteiger charge is 2.18. The van der Waals surface area contributed by atoms with Gasteiger partial charge >= 0.3 is 0 Å². The molecule has 4 heteroatoms. The molecule has 250 valence electrons. The number of aromatic nitrogens is 1. The Kier molecular flexibility index (Phi) is 7.43. The summed E-state index contributed by atoms with van der Waals surface area (Å²) in [5.41, 5.74) is 14.2. The van der Waals surface area contributed by atoms with Crippen LogP contribution < -0.4 is 4.90 Å². The highest BCUT2D eigenvalue weighted by molar-refractivity contribution is 6.09. The van der Waals surface area contributed by atoms with Gasteiger partial charge in [0.25, 0.3) is 0 Å². The van der Waals surface area contributed by atoms with E-state index in [2.05, 4.69) is 144 Å². The Morgan fingerprint density at radius 1 is 0.321 bits per heavy atom. The van der Waals surface area contributed by atoms with Gasteiger partial charge < -0.3 is 13.7 Å². The van der Waals surface area contributed by atoms with Gasteiger partial charge in [-0.3, -0.25) is 0 Å². The van der Waals surface area contributed by atoms with E-state index in [4.69, 9.17) is 13.8 Å². The number of benzene rings is 8. The van der Waals surface area contributed by atoms with E-state index in [-0.39, 0.29) is 0 Å². The van der Waals surface area contributed by atoms with Crippen molar-refractivity contribution >= 4 is 50.1 Å². The van der Waals surface area contributed by atoms with Crippen molar-refractivity contribution in [3.05, 3.63) is 194 Å². The first-order valence-electron chi connectivity index (χ1n) is 17.8. The average molecular weight is 681 g/mol. The molecular weight excluding hydrogens is 649 g/mol. The normalized spacial score (nSPS) is 11.4. The molecule has 10 aromatic rings. The highest BCUT2D eigenvalue weighted by atomic mass is 16.4. The molecule has 0 saturated carbocycles. The Balaban J connectivity index is 1.05. The van der Waals surface area contributed by atoms with Crippen LogP contribution in [0, 0.1) is 0 Å². The quantitative estimate of drug-likeness (QED) is 0.168. The number of nitrogens with zero attached hydrogens (tertiary/aromatic N) is 2. The second-order valence-electron chi connectivity index (χ2n) is 13.2. The molecule has 0 aliphatic rings. The third kappa shape index (κ3) is 5.73. The molecule has 0 aliphatic carbocycles. The van der Waals surface area contributed by atoms with Crippen LogP contribution in [0.5, 0.6) is 0 Å². The second-order valence-corrected chi connectivity index (χ2v) is 13.2. The molecule has 8 aromatic carbocycles. The van der Waals surface area contributed by atoms with E-state index in [1.165, 1.54) is 22.3 Å². The van der Waals surface area contributed by atoms with E-state index in [0.29, 0.717) is 5.89 Å². The van der Waals surface area contributed by atoms with Crippen molar-refractivity contribution < 1.29 is 8.83 Å². The van der Waals surface area contributed by atoms with Crippen molar-refractivity contribution in [2.45, 2.75) is 0 Å². The minimum atomic E-state index is 0.600. The van der Waals surface area contributed by atoms with Crippen LogP contribution in [0.15, 0.2) is 203 Å². The molecule has 0 saturated heterocycles. The van der Waals surface area contributed by atoms with Crippen molar-refractivity contribution in [2.75, 3.05) is 4.90 Å². The van der Waals surface area contributed by atoms with E-state index in [1.807, 2.05) is 54.6 Å². The summed E-state index contributed by atoms with van der Waals surface area (Å²) in [5.74, 6) is 0.600. The van der Waals surface area contributed by atoms with Gasteiger partial charge in [0.15, 0.2) is 5.58 Å². The van der Waals surface area contributed by atoms with Gasteiger partial charge in [0.2, 0.25) is 5.89 Å². The van der Waals surface area contributed by atoms with Crippen molar-refractivity contribution in [1.29, 1.82) is 0 Å². The average Bonchev–Trinajstić information content (AvgIpc) is 3.82. The maximum absolute atomic E-state index is 6.54. The third-order valence-corrected chi connectivity index (χ3v) is 9.91. The molecule has 0 atom stereocenters. The summed E-state index contributed by atoms with van der Waals surface area (Å²) in [6.07, 6.45) is 0. The molecule has 0 N–H and O–H groups in total. The molecule has 0 radical (unpaired) electrons. The van der Waals surface area contributed by atoms with Crippen LogP contribution in [-0.2, 0) is 0 Å². The number of fused-ring (bicyclic) bond motifs is 4. The number of oxazole rings is 1. The van der Waals surface area contributed by atoms with Crippen LogP contribution in [0.2, 0.25) is 0 Å². The highest BCUT2D eigenvalue weighted by Crippen LogP contribution is 2.41. The lowest BCUT2D eigenvalue weighted by Gasteiger charge is -2.26. The zero-order valence-corrected chi connectivity index (χ0v) is 28.7. The lowest BCUT2D eigenvalue weighted by atomic mass is 10.00.